The van der Waals surface area contributed by atoms with E-state index in [9.17, 15) is 13.0 Å². The molecule has 2 atom stereocenters. The van der Waals surface area contributed by atoms with Crippen LogP contribution >= 0.6 is 8.69 Å². The fourth-order valence-corrected chi connectivity index (χ4v) is 3.24. The predicted octanol–water partition coefficient (Wildman–Crippen LogP) is 0.477. The largest absolute Gasteiger partial charge is 0.495 e. The van der Waals surface area contributed by atoms with Crippen LogP contribution in [-0.4, -0.2) is 19.6 Å². The second-order valence-corrected chi connectivity index (χ2v) is 4.80. The summed E-state index contributed by atoms with van der Waals surface area (Å²) in [7, 11) is -4.04. The first-order chi connectivity index (χ1) is 4.67. The molecule has 0 N–H and O–H groups in total. The van der Waals surface area contributed by atoms with Crippen molar-refractivity contribution < 1.29 is 17.5 Å². The van der Waals surface area contributed by atoms with Crippen molar-refractivity contribution in [2.75, 3.05) is 5.75 Å². The van der Waals surface area contributed by atoms with E-state index in [1.807, 2.05) is 0 Å². The monoisotopic (exact) mass is 183 g/mol. The minimum absolute atomic E-state index is 0.169. The van der Waals surface area contributed by atoms with Crippen LogP contribution in [0, 0.1) is 0 Å². The van der Waals surface area contributed by atoms with Crippen LogP contribution in [-0.2, 0) is 18.9 Å². The molecule has 0 saturated carbocycles. The minimum atomic E-state index is -3.06. The van der Waals surface area contributed by atoms with Crippen LogP contribution in [0.1, 0.15) is 12.8 Å². The molecule has 1 heterocycles. The zero-order valence-corrected chi connectivity index (χ0v) is 7.06. The quantitative estimate of drug-likeness (QED) is 0.584. The smallest absolute Gasteiger partial charge is 0.226 e. The van der Waals surface area contributed by atoms with Crippen molar-refractivity contribution in [1.82, 2.24) is 0 Å². The van der Waals surface area contributed by atoms with Gasteiger partial charge in [-0.2, -0.15) is 0 Å². The van der Waals surface area contributed by atoms with Gasteiger partial charge in [-0.05, 0) is 17.4 Å². The van der Waals surface area contributed by atoms with E-state index in [1.165, 1.54) is 0 Å². The zero-order chi connectivity index (χ0) is 7.61. The Balaban J connectivity index is 2.69. The predicted molar refractivity (Wildman–Crippen MR) is 36.9 cm³/mol. The molecule has 1 aliphatic heterocycles. The number of rotatable bonds is 2. The summed E-state index contributed by atoms with van der Waals surface area (Å²) in [5.74, 6) is 0.169. The van der Waals surface area contributed by atoms with Gasteiger partial charge in [0.05, 0.1) is 5.75 Å². The Hall–Kier alpha value is 0.01000. The average Bonchev–Trinajstić information content (AvgIpc) is 2.13. The van der Waals surface area contributed by atoms with Gasteiger partial charge in [0.2, 0.25) is 5.44 Å². The molecule has 0 amide bonds. The zero-order valence-electron chi connectivity index (χ0n) is 5.24. The molecule has 0 spiro atoms. The molecule has 0 aromatic rings. The number of hydrogen-bond acceptors (Lipinski definition) is 4. The van der Waals surface area contributed by atoms with Gasteiger partial charge in [-0.3, -0.25) is 0 Å². The van der Waals surface area contributed by atoms with Crippen LogP contribution in [0.15, 0.2) is 0 Å². The van der Waals surface area contributed by atoms with Crippen LogP contribution in [0.3, 0.4) is 0 Å². The molecule has 1 saturated heterocycles. The summed E-state index contributed by atoms with van der Waals surface area (Å²) in [6, 6.07) is 0. The third-order valence-corrected chi connectivity index (χ3v) is 3.99. The van der Waals surface area contributed by atoms with E-state index in [0.29, 0.717) is 12.8 Å². The maximum atomic E-state index is 10.9. The van der Waals surface area contributed by atoms with Gasteiger partial charge in [0.1, 0.15) is 0 Å². The fourth-order valence-electron chi connectivity index (χ4n) is 0.948. The molecule has 58 valence electrons. The maximum absolute atomic E-state index is 10.9. The maximum Gasteiger partial charge on any atom is 0.495 e. The second kappa shape index (κ2) is 2.95. The van der Waals surface area contributed by atoms with Crippen LogP contribution in [0.25, 0.3) is 0 Å². The van der Waals surface area contributed by atoms with Crippen molar-refractivity contribution in [3.63, 3.8) is 0 Å². The first-order valence-electron chi connectivity index (χ1n) is 2.91. The highest BCUT2D eigenvalue weighted by atomic mass is 32.2. The lowest BCUT2D eigenvalue weighted by Gasteiger charge is -1.96. The second-order valence-electron chi connectivity index (χ2n) is 2.14. The lowest BCUT2D eigenvalue weighted by molar-refractivity contribution is 0.297. The molecule has 1 fully saturated rings. The van der Waals surface area contributed by atoms with Crippen LogP contribution in [0.2, 0.25) is 0 Å². The normalized spacial score (nSPS) is 31.0. The van der Waals surface area contributed by atoms with Gasteiger partial charge in [0.25, 0.3) is 0 Å². The molecule has 1 rings (SSSR count). The summed E-state index contributed by atoms with van der Waals surface area (Å²) in [5, 5.41) is 0. The van der Waals surface area contributed by atoms with Crippen molar-refractivity contribution in [3.8, 4) is 0 Å². The molecule has 10 heavy (non-hydrogen) atoms. The summed E-state index contributed by atoms with van der Waals surface area (Å²) in [5.41, 5.74) is -0.802. The van der Waals surface area contributed by atoms with Crippen molar-refractivity contribution in [3.05, 3.63) is 0 Å². The van der Waals surface area contributed by atoms with E-state index < -0.39 is 24.0 Å². The Kier molecular flexibility index (Phi) is 2.39. The molecule has 0 bridgehead atoms. The van der Waals surface area contributed by atoms with Crippen molar-refractivity contribution in [2.45, 2.75) is 18.3 Å². The van der Waals surface area contributed by atoms with Gasteiger partial charge < -0.3 is 0 Å². The molecule has 4 nitrogen and oxygen atoms in total. The fraction of sp³-hybridized carbons (Fsp3) is 1.00. The molecule has 0 aromatic carbocycles. The van der Waals surface area contributed by atoms with Gasteiger partial charge in [-0.1, -0.05) is 0 Å². The highest BCUT2D eigenvalue weighted by Crippen LogP contribution is 2.23. The lowest BCUT2D eigenvalue weighted by atomic mass is 10.4. The molecule has 0 aliphatic carbocycles. The van der Waals surface area contributed by atoms with E-state index in [0.717, 1.165) is 0 Å². The van der Waals surface area contributed by atoms with E-state index in [2.05, 4.69) is 4.52 Å². The van der Waals surface area contributed by atoms with E-state index in [1.54, 1.807) is 0 Å². The molecule has 0 aromatic heterocycles. The van der Waals surface area contributed by atoms with Gasteiger partial charge in [0, 0.05) is 0 Å². The number of hydrogen-bond donors (Lipinski definition) is 0. The van der Waals surface area contributed by atoms with Crippen molar-refractivity contribution >= 4 is 18.5 Å². The molecule has 2 unspecified atom stereocenters. The van der Waals surface area contributed by atoms with Crippen molar-refractivity contribution in [2.24, 2.45) is 0 Å². The lowest BCUT2D eigenvalue weighted by Crippen LogP contribution is -2.15. The Labute approximate surface area is 60.8 Å². The Morgan fingerprint density at radius 3 is 2.60 bits per heavy atom. The minimum Gasteiger partial charge on any atom is -0.226 e. The van der Waals surface area contributed by atoms with Crippen LogP contribution < -0.4 is 0 Å². The Morgan fingerprint density at radius 2 is 2.20 bits per heavy atom. The molecule has 0 radical (unpaired) electrons. The first kappa shape index (κ1) is 8.11. The average molecular weight is 183 g/mol. The summed E-state index contributed by atoms with van der Waals surface area (Å²) < 4.78 is 36.2. The molecule has 6 heteroatoms. The van der Waals surface area contributed by atoms with E-state index >= 15 is 0 Å². The van der Waals surface area contributed by atoms with Crippen LogP contribution in [0.5, 0.6) is 0 Å². The van der Waals surface area contributed by atoms with Gasteiger partial charge in [-0.25, -0.2) is 8.42 Å². The third kappa shape index (κ3) is 1.54. The van der Waals surface area contributed by atoms with Gasteiger partial charge in [-0.15, -0.1) is 4.52 Å². The van der Waals surface area contributed by atoms with Gasteiger partial charge >= 0.3 is 8.69 Å². The molecule has 1 aliphatic rings. The third-order valence-electron chi connectivity index (χ3n) is 1.45. The summed E-state index contributed by atoms with van der Waals surface area (Å²) in [6.07, 6.45) is 1.11. The van der Waals surface area contributed by atoms with Crippen LogP contribution in [0.4, 0.5) is 0 Å². The first-order valence-corrected chi connectivity index (χ1v) is 5.44. The summed E-state index contributed by atoms with van der Waals surface area (Å²) >= 11 is 0. The van der Waals surface area contributed by atoms with E-state index in [4.69, 9.17) is 0 Å². The topological polar surface area (TPSA) is 60.4 Å². The summed E-state index contributed by atoms with van der Waals surface area (Å²) in [6.45, 7) is 0. The number of sulfone groups is 1. The van der Waals surface area contributed by atoms with E-state index in [-0.39, 0.29) is 5.75 Å². The Morgan fingerprint density at radius 1 is 1.50 bits per heavy atom. The highest BCUT2D eigenvalue weighted by Gasteiger charge is 2.35. The molecular weight excluding hydrogens is 175 g/mol. The summed E-state index contributed by atoms with van der Waals surface area (Å²) in [4.78, 5) is 0. The standard InChI is InChI=1S/C4H8O4PS/c5-9-8-4-2-1-3-10(4,6)7/h4,9H,1-3H2/q+1. The molecular formula is C4H8O4PS+. The Bertz CT molecular complexity index is 221. The SMILES string of the molecule is O=[PH+]OC1CCCS1(=O)=O. The highest BCUT2D eigenvalue weighted by molar-refractivity contribution is 7.92. The van der Waals surface area contributed by atoms with Gasteiger partial charge in [0.15, 0.2) is 9.84 Å². The van der Waals surface area contributed by atoms with Crippen molar-refractivity contribution in [1.29, 1.82) is 0 Å².